The zero-order valence-electron chi connectivity index (χ0n) is 11.4. The zero-order valence-corrected chi connectivity index (χ0v) is 12.2. The quantitative estimate of drug-likeness (QED) is 0.675. The van der Waals surface area contributed by atoms with Crippen molar-refractivity contribution in [1.82, 2.24) is 10.0 Å². The van der Waals surface area contributed by atoms with Gasteiger partial charge in [-0.25, -0.2) is 13.1 Å². The van der Waals surface area contributed by atoms with E-state index < -0.39 is 10.0 Å². The van der Waals surface area contributed by atoms with Crippen LogP contribution in [0.15, 0.2) is 18.2 Å². The van der Waals surface area contributed by atoms with Crippen LogP contribution in [0.3, 0.4) is 0 Å². The Hall–Kier alpha value is -1.31. The number of ether oxygens (including phenoxy) is 2. The van der Waals surface area contributed by atoms with Gasteiger partial charge in [0, 0.05) is 19.6 Å². The lowest BCUT2D eigenvalue weighted by atomic mass is 10.2. The summed E-state index contributed by atoms with van der Waals surface area (Å²) in [6, 6.07) is 5.65. The summed E-state index contributed by atoms with van der Waals surface area (Å²) >= 11 is 0. The second kappa shape index (κ2) is 7.32. The summed E-state index contributed by atoms with van der Waals surface area (Å²) in [7, 11) is 0.0629. The molecule has 0 saturated carbocycles. The van der Waals surface area contributed by atoms with Gasteiger partial charge in [-0.3, -0.25) is 0 Å². The predicted molar refractivity (Wildman–Crippen MR) is 74.1 cm³/mol. The maximum atomic E-state index is 10.8. The van der Waals surface area contributed by atoms with Gasteiger partial charge in [0.2, 0.25) is 10.0 Å². The molecule has 1 aromatic rings. The highest BCUT2D eigenvalue weighted by atomic mass is 32.2. The number of sulfonamides is 1. The van der Waals surface area contributed by atoms with E-state index in [1.807, 2.05) is 18.2 Å². The highest BCUT2D eigenvalue weighted by molar-refractivity contribution is 7.88. The number of hydrogen-bond acceptors (Lipinski definition) is 5. The summed E-state index contributed by atoms with van der Waals surface area (Å²) in [4.78, 5) is 0. The summed E-state index contributed by atoms with van der Waals surface area (Å²) < 4.78 is 34.5. The van der Waals surface area contributed by atoms with Crippen LogP contribution < -0.4 is 19.5 Å². The Balaban J connectivity index is 2.41. The smallest absolute Gasteiger partial charge is 0.208 e. The summed E-state index contributed by atoms with van der Waals surface area (Å²) in [5, 5.41) is 3.14. The summed E-state index contributed by atoms with van der Waals surface area (Å²) in [6.07, 6.45) is 1.14. The van der Waals surface area contributed by atoms with Gasteiger partial charge in [0.05, 0.1) is 20.5 Å². The molecule has 0 heterocycles. The third kappa shape index (κ3) is 5.91. The van der Waals surface area contributed by atoms with Crippen LogP contribution >= 0.6 is 0 Å². The van der Waals surface area contributed by atoms with E-state index in [0.29, 0.717) is 31.1 Å². The maximum absolute atomic E-state index is 10.8. The molecule has 0 atom stereocenters. The molecule has 1 aromatic carbocycles. The first-order valence-electron chi connectivity index (χ1n) is 5.82. The molecular formula is C12H20N2O4S. The largest absolute Gasteiger partial charge is 0.493 e. The van der Waals surface area contributed by atoms with E-state index in [0.717, 1.165) is 11.8 Å². The van der Waals surface area contributed by atoms with Gasteiger partial charge in [-0.15, -0.1) is 0 Å². The minimum Gasteiger partial charge on any atom is -0.493 e. The molecular weight excluding hydrogens is 268 g/mol. The van der Waals surface area contributed by atoms with Gasteiger partial charge in [0.1, 0.15) is 0 Å². The number of hydrogen-bond donors (Lipinski definition) is 2. The molecule has 7 heteroatoms. The fourth-order valence-corrected chi connectivity index (χ4v) is 2.02. The van der Waals surface area contributed by atoms with Crippen molar-refractivity contribution in [2.24, 2.45) is 0 Å². The van der Waals surface area contributed by atoms with Gasteiger partial charge in [-0.05, 0) is 17.7 Å². The van der Waals surface area contributed by atoms with Gasteiger partial charge in [0.15, 0.2) is 11.5 Å². The fraction of sp³-hybridized carbons (Fsp3) is 0.500. The maximum Gasteiger partial charge on any atom is 0.208 e. The third-order valence-corrected chi connectivity index (χ3v) is 3.17. The first kappa shape index (κ1) is 15.7. The lowest BCUT2D eigenvalue weighted by Gasteiger charge is -2.10. The molecule has 19 heavy (non-hydrogen) atoms. The van der Waals surface area contributed by atoms with Gasteiger partial charge in [-0.2, -0.15) is 0 Å². The van der Waals surface area contributed by atoms with Crippen molar-refractivity contribution in [2.75, 3.05) is 33.6 Å². The van der Waals surface area contributed by atoms with Crippen LogP contribution in [0.2, 0.25) is 0 Å². The van der Waals surface area contributed by atoms with Crippen molar-refractivity contribution < 1.29 is 17.9 Å². The molecule has 6 nitrogen and oxygen atoms in total. The topological polar surface area (TPSA) is 76.7 Å². The lowest BCUT2D eigenvalue weighted by molar-refractivity contribution is 0.354. The van der Waals surface area contributed by atoms with E-state index in [4.69, 9.17) is 9.47 Å². The fourth-order valence-electron chi connectivity index (χ4n) is 1.55. The summed E-state index contributed by atoms with van der Waals surface area (Å²) in [5.74, 6) is 1.36. The minimum absolute atomic E-state index is 0.367. The van der Waals surface area contributed by atoms with Crippen LogP contribution in [0.5, 0.6) is 11.5 Å². The molecule has 1 rings (SSSR count). The van der Waals surface area contributed by atoms with Crippen molar-refractivity contribution in [3.63, 3.8) is 0 Å². The summed E-state index contributed by atoms with van der Waals surface area (Å²) in [6.45, 7) is 1.55. The number of nitrogens with one attached hydrogen (secondary N) is 2. The Morgan fingerprint density at radius 3 is 2.37 bits per heavy atom. The molecule has 0 amide bonds. The van der Waals surface area contributed by atoms with Crippen LogP contribution in [-0.4, -0.2) is 42.0 Å². The normalized spacial score (nSPS) is 11.3. The van der Waals surface area contributed by atoms with E-state index >= 15 is 0 Å². The molecule has 0 aliphatic heterocycles. The molecule has 0 spiro atoms. The second-order valence-electron chi connectivity index (χ2n) is 4.03. The Labute approximate surface area is 114 Å². The van der Waals surface area contributed by atoms with Gasteiger partial charge < -0.3 is 14.8 Å². The van der Waals surface area contributed by atoms with Crippen LogP contribution in [-0.2, 0) is 16.6 Å². The minimum atomic E-state index is -3.12. The molecule has 0 saturated heterocycles. The van der Waals surface area contributed by atoms with Gasteiger partial charge in [-0.1, -0.05) is 6.07 Å². The van der Waals surface area contributed by atoms with Crippen molar-refractivity contribution >= 4 is 10.0 Å². The molecule has 0 aliphatic rings. The van der Waals surface area contributed by atoms with E-state index in [1.165, 1.54) is 0 Å². The van der Waals surface area contributed by atoms with Crippen LogP contribution in [0.25, 0.3) is 0 Å². The highest BCUT2D eigenvalue weighted by Gasteiger charge is 2.04. The molecule has 2 N–H and O–H groups in total. The highest BCUT2D eigenvalue weighted by Crippen LogP contribution is 2.27. The number of rotatable bonds is 8. The van der Waals surface area contributed by atoms with Gasteiger partial charge in [0.25, 0.3) is 0 Å². The average molecular weight is 288 g/mol. The van der Waals surface area contributed by atoms with E-state index in [-0.39, 0.29) is 0 Å². The van der Waals surface area contributed by atoms with Crippen molar-refractivity contribution in [3.05, 3.63) is 23.8 Å². The Bertz CT molecular complexity index is 502. The predicted octanol–water partition coefficient (Wildman–Crippen LogP) is 0.343. The summed E-state index contributed by atoms with van der Waals surface area (Å²) in [5.41, 5.74) is 1.04. The van der Waals surface area contributed by atoms with Crippen LogP contribution in [0.1, 0.15) is 5.56 Å². The molecule has 0 unspecified atom stereocenters. The molecule has 0 radical (unpaired) electrons. The molecule has 0 bridgehead atoms. The average Bonchev–Trinajstić information content (AvgIpc) is 2.36. The van der Waals surface area contributed by atoms with Gasteiger partial charge >= 0.3 is 0 Å². The second-order valence-corrected chi connectivity index (χ2v) is 5.87. The monoisotopic (exact) mass is 288 g/mol. The molecule has 0 aliphatic carbocycles. The first-order chi connectivity index (χ1) is 8.96. The lowest BCUT2D eigenvalue weighted by Crippen LogP contribution is -2.30. The Morgan fingerprint density at radius 2 is 1.79 bits per heavy atom. The first-order valence-corrected chi connectivity index (χ1v) is 7.71. The number of benzene rings is 1. The molecule has 108 valence electrons. The van der Waals surface area contributed by atoms with Crippen LogP contribution in [0, 0.1) is 0 Å². The standard InChI is InChI=1S/C12H20N2O4S/c1-17-11-5-4-10(8-12(11)18-2)9-13-6-7-14-19(3,15)16/h4-5,8,13-14H,6-7,9H2,1-3H3. The van der Waals surface area contributed by atoms with Crippen molar-refractivity contribution in [1.29, 1.82) is 0 Å². The van der Waals surface area contributed by atoms with Crippen LogP contribution in [0.4, 0.5) is 0 Å². The van der Waals surface area contributed by atoms with E-state index in [2.05, 4.69) is 10.0 Å². The molecule has 0 aromatic heterocycles. The SMILES string of the molecule is COc1ccc(CNCCNS(C)(=O)=O)cc1OC. The number of methoxy groups -OCH3 is 2. The van der Waals surface area contributed by atoms with E-state index in [9.17, 15) is 8.42 Å². The Kier molecular flexibility index (Phi) is 6.07. The van der Waals surface area contributed by atoms with Crippen molar-refractivity contribution in [2.45, 2.75) is 6.54 Å². The zero-order chi connectivity index (χ0) is 14.3. The Morgan fingerprint density at radius 1 is 1.11 bits per heavy atom. The van der Waals surface area contributed by atoms with E-state index in [1.54, 1.807) is 14.2 Å². The molecule has 0 fully saturated rings. The van der Waals surface area contributed by atoms with Crippen molar-refractivity contribution in [3.8, 4) is 11.5 Å². The third-order valence-electron chi connectivity index (χ3n) is 2.44.